The summed E-state index contributed by atoms with van der Waals surface area (Å²) in [6.07, 6.45) is 27.2. The van der Waals surface area contributed by atoms with E-state index in [9.17, 15) is 0 Å². The van der Waals surface area contributed by atoms with Crippen molar-refractivity contribution in [2.45, 2.75) is 57.0 Å². The van der Waals surface area contributed by atoms with Crippen LogP contribution in [0.2, 0.25) is 0 Å². The van der Waals surface area contributed by atoms with Crippen molar-refractivity contribution in [3.8, 4) is 11.3 Å². The molecule has 0 radical (unpaired) electrons. The predicted octanol–water partition coefficient (Wildman–Crippen LogP) is 10.2. The topological polar surface area (TPSA) is 37.3 Å². The quantitative estimate of drug-likeness (QED) is 0.246. The van der Waals surface area contributed by atoms with E-state index < -0.39 is 5.66 Å². The highest BCUT2D eigenvalue weighted by Crippen LogP contribution is 2.51. The minimum atomic E-state index is -0.650. The zero-order valence-corrected chi connectivity index (χ0v) is 27.7. The molecule has 0 saturated heterocycles. The number of rotatable bonds is 4. The first-order valence-electron chi connectivity index (χ1n) is 17.6. The number of pyridine rings is 1. The average Bonchev–Trinajstić information content (AvgIpc) is 3.15. The van der Waals surface area contributed by atoms with E-state index >= 15 is 0 Å². The summed E-state index contributed by atoms with van der Waals surface area (Å²) in [6, 6.07) is 26.5. The molecule has 3 heteroatoms. The zero-order chi connectivity index (χ0) is 32.2. The van der Waals surface area contributed by atoms with Crippen LogP contribution in [0.1, 0.15) is 83.0 Å². The number of aromatic nitrogens is 1. The number of benzene rings is 3. The summed E-state index contributed by atoms with van der Waals surface area (Å²) in [5, 5.41) is 4.03. The van der Waals surface area contributed by atoms with Crippen molar-refractivity contribution in [2.75, 3.05) is 0 Å². The molecule has 0 spiro atoms. The van der Waals surface area contributed by atoms with Crippen LogP contribution in [0.5, 0.6) is 0 Å². The summed E-state index contributed by atoms with van der Waals surface area (Å²) in [4.78, 5) is 10.3. The first kappa shape index (κ1) is 29.1. The van der Waals surface area contributed by atoms with Crippen LogP contribution in [-0.2, 0) is 18.5 Å². The fraction of sp³-hybridized carbons (Fsp3) is 0.244. The van der Waals surface area contributed by atoms with Crippen molar-refractivity contribution >= 4 is 23.6 Å². The molecule has 4 aromatic rings. The SMILES string of the molecule is CC1C(C2=NC(C)(c3ccc(-c4ccccn4)cc3)NC(c3cc4c(c5c3CCC=C5)C=CCC4)=C2)c2ccccc2C2C=CC=CC21. The Hall–Kier alpha value is -5.02. The molecule has 3 nitrogen and oxygen atoms in total. The van der Waals surface area contributed by atoms with Gasteiger partial charge in [-0.15, -0.1) is 0 Å². The highest BCUT2D eigenvalue weighted by molar-refractivity contribution is 6.07. The number of fused-ring (bicyclic) bond motifs is 6. The lowest BCUT2D eigenvalue weighted by atomic mass is 9.62. The van der Waals surface area contributed by atoms with Crippen molar-refractivity contribution in [2.24, 2.45) is 16.8 Å². The molecule has 48 heavy (non-hydrogen) atoms. The number of nitrogens with one attached hydrogen (secondary N) is 1. The van der Waals surface area contributed by atoms with Crippen LogP contribution in [0.3, 0.4) is 0 Å². The normalized spacial score (nSPS) is 26.4. The predicted molar refractivity (Wildman–Crippen MR) is 200 cm³/mol. The van der Waals surface area contributed by atoms with Crippen LogP contribution < -0.4 is 5.32 Å². The van der Waals surface area contributed by atoms with E-state index in [0.717, 1.165) is 42.5 Å². The molecule has 0 bridgehead atoms. The standard InChI is InChI=1S/C45H41N3/c1-29-33-14-5-6-16-35(33)37-18-9-10-20-39(37)44(29)43-28-42(40-27-31-13-3-4-15-34(31)36-17-7-8-19-38(36)40)47-45(2,48-43)32-24-22-30(23-25-32)41-21-11-12-26-46-41/h4-7,9-12,14-18,20-29,33,35,44,47H,3,8,13,19H2,1-2H3. The second-order valence-electron chi connectivity index (χ2n) is 14.2. The van der Waals surface area contributed by atoms with Gasteiger partial charge in [-0.3, -0.25) is 9.98 Å². The van der Waals surface area contributed by atoms with Gasteiger partial charge in [-0.25, -0.2) is 0 Å². The van der Waals surface area contributed by atoms with Gasteiger partial charge in [0.15, 0.2) is 5.66 Å². The third kappa shape index (κ3) is 4.79. The number of hydrogen-bond donors (Lipinski definition) is 1. The number of aliphatic imine (C=N–C) groups is 1. The highest BCUT2D eigenvalue weighted by atomic mass is 15.2. The lowest BCUT2D eigenvalue weighted by molar-refractivity contribution is 0.344. The van der Waals surface area contributed by atoms with E-state index in [-0.39, 0.29) is 5.92 Å². The molecule has 0 amide bonds. The van der Waals surface area contributed by atoms with E-state index in [0.29, 0.717) is 17.8 Å². The Morgan fingerprint density at radius 3 is 2.42 bits per heavy atom. The summed E-state index contributed by atoms with van der Waals surface area (Å²) < 4.78 is 0. The molecule has 1 N–H and O–H groups in total. The van der Waals surface area contributed by atoms with Crippen LogP contribution in [0, 0.1) is 11.8 Å². The molecular weight excluding hydrogens is 583 g/mol. The molecule has 1 aliphatic heterocycles. The fourth-order valence-corrected chi connectivity index (χ4v) is 8.97. The molecule has 0 fully saturated rings. The van der Waals surface area contributed by atoms with E-state index in [1.165, 1.54) is 50.4 Å². The maximum absolute atomic E-state index is 5.72. The Morgan fingerprint density at radius 1 is 0.812 bits per heavy atom. The number of hydrogen-bond acceptors (Lipinski definition) is 3. The number of aryl methyl sites for hydroxylation is 1. The van der Waals surface area contributed by atoms with Gasteiger partial charge in [0, 0.05) is 40.6 Å². The van der Waals surface area contributed by atoms with E-state index in [2.05, 4.69) is 139 Å². The maximum Gasteiger partial charge on any atom is 0.153 e. The largest absolute Gasteiger partial charge is 0.357 e. The molecule has 2 heterocycles. The van der Waals surface area contributed by atoms with Crippen molar-refractivity contribution in [3.05, 3.63) is 166 Å². The minimum Gasteiger partial charge on any atom is -0.357 e. The lowest BCUT2D eigenvalue weighted by Crippen LogP contribution is -2.43. The smallest absolute Gasteiger partial charge is 0.153 e. The van der Waals surface area contributed by atoms with Gasteiger partial charge in [-0.2, -0.15) is 0 Å². The molecule has 4 aliphatic carbocycles. The van der Waals surface area contributed by atoms with Crippen LogP contribution >= 0.6 is 0 Å². The van der Waals surface area contributed by atoms with Crippen molar-refractivity contribution in [1.29, 1.82) is 0 Å². The summed E-state index contributed by atoms with van der Waals surface area (Å²) in [7, 11) is 0. The monoisotopic (exact) mass is 623 g/mol. The molecular formula is C45H41N3. The third-order valence-corrected chi connectivity index (χ3v) is 11.4. The Labute approximate surface area is 284 Å². The van der Waals surface area contributed by atoms with Crippen LogP contribution in [-0.4, -0.2) is 10.7 Å². The first-order chi connectivity index (χ1) is 23.6. The van der Waals surface area contributed by atoms with Crippen LogP contribution in [0.25, 0.3) is 29.1 Å². The number of nitrogens with zero attached hydrogens (tertiary/aromatic N) is 2. The van der Waals surface area contributed by atoms with Crippen LogP contribution in [0.15, 0.2) is 127 Å². The summed E-state index contributed by atoms with van der Waals surface area (Å²) >= 11 is 0. The number of allylic oxidation sites excluding steroid dienone is 7. The Kier molecular flexibility index (Phi) is 7.04. The third-order valence-electron chi connectivity index (χ3n) is 11.4. The van der Waals surface area contributed by atoms with E-state index in [1.807, 2.05) is 18.3 Å². The molecule has 0 saturated carbocycles. The maximum atomic E-state index is 5.72. The summed E-state index contributed by atoms with van der Waals surface area (Å²) in [5.41, 5.74) is 14.8. The Morgan fingerprint density at radius 2 is 1.58 bits per heavy atom. The second kappa shape index (κ2) is 11.6. The molecule has 3 aromatic carbocycles. The molecule has 1 aromatic heterocycles. The first-order valence-corrected chi connectivity index (χ1v) is 17.6. The molecule has 5 atom stereocenters. The minimum absolute atomic E-state index is 0.180. The molecule has 236 valence electrons. The molecule has 5 unspecified atom stereocenters. The van der Waals surface area contributed by atoms with Crippen molar-refractivity contribution in [3.63, 3.8) is 0 Å². The zero-order valence-electron chi connectivity index (χ0n) is 27.7. The summed E-state index contributed by atoms with van der Waals surface area (Å²) in [5.74, 6) is 1.41. The second-order valence-corrected chi connectivity index (χ2v) is 14.2. The average molecular weight is 624 g/mol. The van der Waals surface area contributed by atoms with Gasteiger partial charge in [-0.1, -0.05) is 110 Å². The Bertz CT molecular complexity index is 2090. The Balaban J connectivity index is 1.23. The lowest BCUT2D eigenvalue weighted by Gasteiger charge is -2.44. The van der Waals surface area contributed by atoms with E-state index in [1.54, 1.807) is 0 Å². The van der Waals surface area contributed by atoms with Crippen molar-refractivity contribution < 1.29 is 0 Å². The molecule has 5 aliphatic rings. The van der Waals surface area contributed by atoms with Gasteiger partial charge >= 0.3 is 0 Å². The fourth-order valence-electron chi connectivity index (χ4n) is 8.97. The summed E-state index contributed by atoms with van der Waals surface area (Å²) in [6.45, 7) is 4.70. The van der Waals surface area contributed by atoms with Gasteiger partial charge in [0.05, 0.1) is 5.69 Å². The van der Waals surface area contributed by atoms with Crippen molar-refractivity contribution in [1.82, 2.24) is 10.3 Å². The molecule has 9 rings (SSSR count). The van der Waals surface area contributed by atoms with Gasteiger partial charge in [0.25, 0.3) is 0 Å². The van der Waals surface area contributed by atoms with Gasteiger partial charge in [0.1, 0.15) is 0 Å². The van der Waals surface area contributed by atoms with Gasteiger partial charge in [-0.05, 0) is 108 Å². The van der Waals surface area contributed by atoms with E-state index in [4.69, 9.17) is 4.99 Å². The highest BCUT2D eigenvalue weighted by Gasteiger charge is 2.43. The van der Waals surface area contributed by atoms with Gasteiger partial charge < -0.3 is 5.32 Å². The van der Waals surface area contributed by atoms with Crippen LogP contribution in [0.4, 0.5) is 0 Å². The van der Waals surface area contributed by atoms with Gasteiger partial charge in [0.2, 0.25) is 0 Å².